The summed E-state index contributed by atoms with van der Waals surface area (Å²) < 4.78 is 32.0. The molecule has 26 heavy (non-hydrogen) atoms. The maximum Gasteiger partial charge on any atom is 0.255 e. The highest BCUT2D eigenvalue weighted by Crippen LogP contribution is 2.24. The number of aromatic nitrogens is 1. The zero-order chi connectivity index (χ0) is 19.3. The SMILES string of the molecule is CCN(CC)S(=O)(=O)c1ccc(OC)c(C(=O)NCc2nc(C)cs2)c1. The smallest absolute Gasteiger partial charge is 0.255 e. The molecule has 0 spiro atoms. The van der Waals surface area contributed by atoms with Crippen molar-refractivity contribution >= 4 is 27.3 Å². The molecular formula is C17H23N3O4S2. The van der Waals surface area contributed by atoms with E-state index in [0.29, 0.717) is 18.8 Å². The van der Waals surface area contributed by atoms with Gasteiger partial charge in [0.05, 0.1) is 24.1 Å². The number of nitrogens with zero attached hydrogens (tertiary/aromatic N) is 2. The third-order valence-electron chi connectivity index (χ3n) is 3.83. The summed E-state index contributed by atoms with van der Waals surface area (Å²) >= 11 is 1.45. The van der Waals surface area contributed by atoms with Gasteiger partial charge in [0.1, 0.15) is 10.8 Å². The molecule has 0 aliphatic carbocycles. The van der Waals surface area contributed by atoms with Crippen LogP contribution in [0.15, 0.2) is 28.5 Å². The van der Waals surface area contributed by atoms with E-state index in [1.54, 1.807) is 13.8 Å². The molecule has 1 aromatic heterocycles. The Morgan fingerprint density at radius 1 is 1.31 bits per heavy atom. The molecule has 1 aromatic carbocycles. The van der Waals surface area contributed by atoms with Crippen LogP contribution in [0.1, 0.15) is 34.9 Å². The van der Waals surface area contributed by atoms with Crippen LogP contribution in [0.4, 0.5) is 0 Å². The fourth-order valence-electron chi connectivity index (χ4n) is 2.47. The quantitative estimate of drug-likeness (QED) is 0.739. The molecule has 0 saturated carbocycles. The van der Waals surface area contributed by atoms with Gasteiger partial charge in [0, 0.05) is 24.2 Å². The van der Waals surface area contributed by atoms with Gasteiger partial charge in [-0.15, -0.1) is 11.3 Å². The molecule has 7 nitrogen and oxygen atoms in total. The number of hydrogen-bond acceptors (Lipinski definition) is 6. The Bertz CT molecular complexity index is 874. The van der Waals surface area contributed by atoms with Crippen molar-refractivity contribution in [2.45, 2.75) is 32.2 Å². The Morgan fingerprint density at radius 2 is 2.00 bits per heavy atom. The number of nitrogens with one attached hydrogen (secondary N) is 1. The van der Waals surface area contributed by atoms with Crippen LogP contribution in [-0.2, 0) is 16.6 Å². The highest BCUT2D eigenvalue weighted by atomic mass is 32.2. The second-order valence-corrected chi connectivity index (χ2v) is 8.40. The summed E-state index contributed by atoms with van der Waals surface area (Å²) in [5.74, 6) is -0.0948. The van der Waals surface area contributed by atoms with Crippen LogP contribution in [0, 0.1) is 6.92 Å². The van der Waals surface area contributed by atoms with E-state index in [1.165, 1.54) is 41.0 Å². The zero-order valence-corrected chi connectivity index (χ0v) is 16.9. The molecule has 0 unspecified atom stereocenters. The number of carbonyl (C=O) groups is 1. The highest BCUT2D eigenvalue weighted by molar-refractivity contribution is 7.89. The van der Waals surface area contributed by atoms with Crippen LogP contribution < -0.4 is 10.1 Å². The minimum atomic E-state index is -3.66. The second-order valence-electron chi connectivity index (χ2n) is 5.52. The molecule has 0 fully saturated rings. The average molecular weight is 398 g/mol. The lowest BCUT2D eigenvalue weighted by atomic mass is 10.2. The molecule has 0 aliphatic rings. The lowest BCUT2D eigenvalue weighted by Crippen LogP contribution is -2.31. The Morgan fingerprint density at radius 3 is 2.54 bits per heavy atom. The lowest BCUT2D eigenvalue weighted by molar-refractivity contribution is 0.0947. The first-order valence-corrected chi connectivity index (χ1v) is 10.5. The maximum atomic E-state index is 12.7. The first-order chi connectivity index (χ1) is 12.3. The number of benzene rings is 1. The first kappa shape index (κ1) is 20.3. The van der Waals surface area contributed by atoms with Gasteiger partial charge in [0.25, 0.3) is 5.91 Å². The van der Waals surface area contributed by atoms with Crippen molar-refractivity contribution in [3.8, 4) is 5.75 Å². The number of carbonyl (C=O) groups excluding carboxylic acids is 1. The summed E-state index contributed by atoms with van der Waals surface area (Å²) in [6.45, 7) is 6.41. The van der Waals surface area contributed by atoms with Gasteiger partial charge in [-0.25, -0.2) is 13.4 Å². The predicted octanol–water partition coefficient (Wildman–Crippen LogP) is 2.42. The number of hydrogen-bond donors (Lipinski definition) is 1. The van der Waals surface area contributed by atoms with Crippen LogP contribution in [0.25, 0.3) is 0 Å². The maximum absolute atomic E-state index is 12.7. The van der Waals surface area contributed by atoms with Gasteiger partial charge in [-0.2, -0.15) is 4.31 Å². The molecule has 0 atom stereocenters. The number of thiazole rings is 1. The topological polar surface area (TPSA) is 88.6 Å². The van der Waals surface area contributed by atoms with E-state index in [2.05, 4.69) is 10.3 Å². The summed E-state index contributed by atoms with van der Waals surface area (Å²) in [4.78, 5) is 16.9. The van der Waals surface area contributed by atoms with Gasteiger partial charge in [-0.1, -0.05) is 13.8 Å². The van der Waals surface area contributed by atoms with E-state index < -0.39 is 15.9 Å². The number of rotatable bonds is 8. The molecule has 2 aromatic rings. The van der Waals surface area contributed by atoms with Crippen LogP contribution in [0.3, 0.4) is 0 Å². The van der Waals surface area contributed by atoms with E-state index in [1.807, 2.05) is 12.3 Å². The van der Waals surface area contributed by atoms with Crippen molar-refractivity contribution in [3.05, 3.63) is 39.8 Å². The van der Waals surface area contributed by atoms with E-state index >= 15 is 0 Å². The Balaban J connectivity index is 2.30. The van der Waals surface area contributed by atoms with E-state index in [0.717, 1.165) is 10.7 Å². The zero-order valence-electron chi connectivity index (χ0n) is 15.3. The van der Waals surface area contributed by atoms with Crippen molar-refractivity contribution in [1.82, 2.24) is 14.6 Å². The Kier molecular flexibility index (Phi) is 6.74. The van der Waals surface area contributed by atoms with Crippen molar-refractivity contribution in [2.24, 2.45) is 0 Å². The van der Waals surface area contributed by atoms with Crippen LogP contribution in [0.5, 0.6) is 5.75 Å². The Hall–Kier alpha value is -1.97. The molecule has 9 heteroatoms. The summed E-state index contributed by atoms with van der Waals surface area (Å²) in [7, 11) is -2.22. The van der Waals surface area contributed by atoms with Crippen LogP contribution in [0.2, 0.25) is 0 Å². The van der Waals surface area contributed by atoms with Gasteiger partial charge in [-0.05, 0) is 25.1 Å². The molecular weight excluding hydrogens is 374 g/mol. The number of aryl methyl sites for hydroxylation is 1. The number of amides is 1. The molecule has 142 valence electrons. The fraction of sp³-hybridized carbons (Fsp3) is 0.412. The molecule has 0 aliphatic heterocycles. The van der Waals surface area contributed by atoms with E-state index in [9.17, 15) is 13.2 Å². The number of sulfonamides is 1. The number of ether oxygens (including phenoxy) is 1. The van der Waals surface area contributed by atoms with Crippen molar-refractivity contribution in [3.63, 3.8) is 0 Å². The van der Waals surface area contributed by atoms with Crippen LogP contribution >= 0.6 is 11.3 Å². The standard InChI is InChI=1S/C17H23N3O4S2/c1-5-20(6-2)26(22,23)13-7-8-15(24-4)14(9-13)17(21)18-10-16-19-12(3)11-25-16/h7-9,11H,5-6,10H2,1-4H3,(H,18,21). The van der Waals surface area contributed by atoms with Gasteiger partial charge in [0.2, 0.25) is 10.0 Å². The number of methoxy groups -OCH3 is 1. The average Bonchev–Trinajstić information content (AvgIpc) is 3.05. The van der Waals surface area contributed by atoms with Gasteiger partial charge >= 0.3 is 0 Å². The molecule has 0 bridgehead atoms. The third-order valence-corrected chi connectivity index (χ3v) is 6.84. The highest BCUT2D eigenvalue weighted by Gasteiger charge is 2.24. The normalized spacial score (nSPS) is 11.6. The summed E-state index contributed by atoms with van der Waals surface area (Å²) in [6, 6.07) is 4.31. The van der Waals surface area contributed by atoms with Crippen molar-refractivity contribution in [1.29, 1.82) is 0 Å². The second kappa shape index (κ2) is 8.61. The largest absolute Gasteiger partial charge is 0.496 e. The molecule has 2 rings (SSSR count). The first-order valence-electron chi connectivity index (χ1n) is 8.20. The summed E-state index contributed by atoms with van der Waals surface area (Å²) in [5.41, 5.74) is 1.07. The van der Waals surface area contributed by atoms with E-state index in [4.69, 9.17) is 4.74 Å². The fourth-order valence-corrected chi connectivity index (χ4v) is 4.67. The Labute approximate surface area is 158 Å². The summed E-state index contributed by atoms with van der Waals surface area (Å²) in [5, 5.41) is 5.44. The van der Waals surface area contributed by atoms with Gasteiger partial charge < -0.3 is 10.1 Å². The lowest BCUT2D eigenvalue weighted by Gasteiger charge is -2.19. The third kappa shape index (κ3) is 4.40. The monoisotopic (exact) mass is 397 g/mol. The van der Waals surface area contributed by atoms with Gasteiger partial charge in [-0.3, -0.25) is 4.79 Å². The molecule has 1 heterocycles. The minimum absolute atomic E-state index is 0.0669. The molecule has 1 N–H and O–H groups in total. The molecule has 0 radical (unpaired) electrons. The predicted molar refractivity (Wildman–Crippen MR) is 101 cm³/mol. The van der Waals surface area contributed by atoms with Gasteiger partial charge in [0.15, 0.2) is 0 Å². The van der Waals surface area contributed by atoms with E-state index in [-0.39, 0.29) is 17.0 Å². The van der Waals surface area contributed by atoms with Crippen molar-refractivity contribution < 1.29 is 17.9 Å². The molecule has 0 saturated heterocycles. The summed E-state index contributed by atoms with van der Waals surface area (Å²) in [6.07, 6.45) is 0. The van der Waals surface area contributed by atoms with Crippen LogP contribution in [-0.4, -0.2) is 43.8 Å². The minimum Gasteiger partial charge on any atom is -0.496 e. The molecule has 1 amide bonds. The van der Waals surface area contributed by atoms with Crippen molar-refractivity contribution in [2.75, 3.05) is 20.2 Å².